The molecule has 0 atom stereocenters. The topological polar surface area (TPSA) is 58.2 Å². The lowest BCUT2D eigenvalue weighted by Gasteiger charge is -2.11. The van der Waals surface area contributed by atoms with Gasteiger partial charge in [0, 0.05) is 0 Å². The molecule has 0 saturated heterocycles. The Morgan fingerprint density at radius 3 is 2.84 bits per heavy atom. The van der Waals surface area contributed by atoms with Crippen LogP contribution in [0.25, 0.3) is 0 Å². The highest BCUT2D eigenvalue weighted by atomic mass is 16.5. The van der Waals surface area contributed by atoms with Crippen molar-refractivity contribution in [2.45, 2.75) is 19.9 Å². The molecule has 98 valence electrons. The van der Waals surface area contributed by atoms with Crippen molar-refractivity contribution in [3.63, 3.8) is 0 Å². The van der Waals surface area contributed by atoms with Gasteiger partial charge in [-0.25, -0.2) is 0 Å². The third-order valence-corrected chi connectivity index (χ3v) is 2.57. The zero-order chi connectivity index (χ0) is 13.5. The highest BCUT2D eigenvalue weighted by molar-refractivity contribution is 5.56. The molecule has 19 heavy (non-hydrogen) atoms. The number of hydrogen-bond donors (Lipinski definition) is 1. The van der Waals surface area contributed by atoms with E-state index in [1.165, 1.54) is 0 Å². The van der Waals surface area contributed by atoms with Crippen molar-refractivity contribution >= 4 is 5.69 Å². The molecule has 2 rings (SSSR count). The van der Waals surface area contributed by atoms with Crippen molar-refractivity contribution in [2.24, 2.45) is 0 Å². The fourth-order valence-corrected chi connectivity index (χ4v) is 1.67. The normalized spacial score (nSPS) is 9.89. The number of rotatable bonds is 6. The summed E-state index contributed by atoms with van der Waals surface area (Å²) in [4.78, 5) is 0. The van der Waals surface area contributed by atoms with Gasteiger partial charge in [-0.3, -0.25) is 0 Å². The van der Waals surface area contributed by atoms with Crippen LogP contribution in [0.4, 0.5) is 5.69 Å². The van der Waals surface area contributed by atoms with Gasteiger partial charge in [-0.15, -0.1) is 0 Å². The summed E-state index contributed by atoms with van der Waals surface area (Å²) in [6.07, 6.45) is 0.970. The Morgan fingerprint density at radius 1 is 1.26 bits per heavy atom. The van der Waals surface area contributed by atoms with E-state index in [9.17, 15) is 0 Å². The molecule has 1 aromatic carbocycles. The SMILES string of the molecule is CCCOc1ccccc1NCc1ccc(C#N)o1. The average Bonchev–Trinajstić information content (AvgIpc) is 2.91. The van der Waals surface area contributed by atoms with Crippen molar-refractivity contribution in [1.29, 1.82) is 5.26 Å². The average molecular weight is 256 g/mol. The molecule has 0 fully saturated rings. The van der Waals surface area contributed by atoms with E-state index in [-0.39, 0.29) is 0 Å². The fraction of sp³-hybridized carbons (Fsp3) is 0.267. The zero-order valence-corrected chi connectivity index (χ0v) is 10.8. The van der Waals surface area contributed by atoms with Gasteiger partial charge in [0.25, 0.3) is 0 Å². The van der Waals surface area contributed by atoms with Crippen molar-refractivity contribution < 1.29 is 9.15 Å². The third kappa shape index (κ3) is 3.52. The largest absolute Gasteiger partial charge is 0.491 e. The van der Waals surface area contributed by atoms with Crippen LogP contribution in [0, 0.1) is 11.3 Å². The van der Waals surface area contributed by atoms with E-state index >= 15 is 0 Å². The zero-order valence-electron chi connectivity index (χ0n) is 10.8. The van der Waals surface area contributed by atoms with E-state index in [1.54, 1.807) is 12.1 Å². The first-order valence-electron chi connectivity index (χ1n) is 6.28. The molecule has 0 aliphatic heterocycles. The number of benzene rings is 1. The lowest BCUT2D eigenvalue weighted by atomic mass is 10.3. The molecule has 4 heteroatoms. The van der Waals surface area contributed by atoms with Crippen LogP contribution in [0.3, 0.4) is 0 Å². The summed E-state index contributed by atoms with van der Waals surface area (Å²) in [6.45, 7) is 3.29. The van der Waals surface area contributed by atoms with Gasteiger partial charge in [-0.2, -0.15) is 5.26 Å². The second-order valence-corrected chi connectivity index (χ2v) is 4.08. The Kier molecular flexibility index (Phi) is 4.46. The van der Waals surface area contributed by atoms with Gasteiger partial charge < -0.3 is 14.5 Å². The van der Waals surface area contributed by atoms with Crippen molar-refractivity contribution in [2.75, 3.05) is 11.9 Å². The first-order valence-corrected chi connectivity index (χ1v) is 6.28. The van der Waals surface area contributed by atoms with Crippen LogP contribution in [0.1, 0.15) is 24.9 Å². The molecule has 0 bridgehead atoms. The van der Waals surface area contributed by atoms with Gasteiger partial charge in [-0.1, -0.05) is 19.1 Å². The van der Waals surface area contributed by atoms with Crippen molar-refractivity contribution in [3.8, 4) is 11.8 Å². The van der Waals surface area contributed by atoms with Crippen molar-refractivity contribution in [1.82, 2.24) is 0 Å². The quantitative estimate of drug-likeness (QED) is 0.858. The lowest BCUT2D eigenvalue weighted by Crippen LogP contribution is -2.02. The number of nitrogens with zero attached hydrogens (tertiary/aromatic N) is 1. The molecular formula is C15H16N2O2. The standard InChI is InChI=1S/C15H16N2O2/c1-2-9-18-15-6-4-3-5-14(15)17-11-13-8-7-12(10-16)19-13/h3-8,17H,2,9,11H2,1H3. The Labute approximate surface area is 112 Å². The molecule has 0 aliphatic rings. The fourth-order valence-electron chi connectivity index (χ4n) is 1.67. The van der Waals surface area contributed by atoms with Crippen molar-refractivity contribution in [3.05, 3.63) is 47.9 Å². The maximum Gasteiger partial charge on any atom is 0.203 e. The predicted molar refractivity (Wildman–Crippen MR) is 73.0 cm³/mol. The smallest absolute Gasteiger partial charge is 0.203 e. The minimum atomic E-state index is 0.326. The highest BCUT2D eigenvalue weighted by Gasteiger charge is 2.04. The molecule has 1 N–H and O–H groups in total. The number of nitrogens with one attached hydrogen (secondary N) is 1. The summed E-state index contributed by atoms with van der Waals surface area (Å²) in [5.41, 5.74) is 0.922. The molecule has 2 aromatic rings. The van der Waals surface area contributed by atoms with E-state index in [0.29, 0.717) is 18.9 Å². The molecule has 4 nitrogen and oxygen atoms in total. The molecule has 1 aromatic heterocycles. The summed E-state index contributed by atoms with van der Waals surface area (Å²) in [6, 6.07) is 13.2. The van der Waals surface area contributed by atoms with Crippen LogP contribution in [-0.2, 0) is 6.54 Å². The molecule has 0 radical (unpaired) electrons. The summed E-state index contributed by atoms with van der Waals surface area (Å²) >= 11 is 0. The van der Waals surface area contributed by atoms with E-state index in [0.717, 1.165) is 23.6 Å². The summed E-state index contributed by atoms with van der Waals surface area (Å²) < 4.78 is 11.0. The number of hydrogen-bond acceptors (Lipinski definition) is 4. The second-order valence-electron chi connectivity index (χ2n) is 4.08. The van der Waals surface area contributed by atoms with Gasteiger partial charge in [0.15, 0.2) is 0 Å². The number of ether oxygens (including phenoxy) is 1. The second kappa shape index (κ2) is 6.50. The van der Waals surface area contributed by atoms with Crippen LogP contribution >= 0.6 is 0 Å². The van der Waals surface area contributed by atoms with Gasteiger partial charge in [-0.05, 0) is 30.7 Å². The summed E-state index contributed by atoms with van der Waals surface area (Å²) in [5.74, 6) is 1.88. The van der Waals surface area contributed by atoms with E-state index < -0.39 is 0 Å². The first kappa shape index (κ1) is 13.0. The first-order chi connectivity index (χ1) is 9.33. The van der Waals surface area contributed by atoms with Crippen LogP contribution in [0.2, 0.25) is 0 Å². The van der Waals surface area contributed by atoms with Gasteiger partial charge in [0.1, 0.15) is 17.6 Å². The van der Waals surface area contributed by atoms with Crippen LogP contribution in [-0.4, -0.2) is 6.61 Å². The molecular weight excluding hydrogens is 240 g/mol. The Hall–Kier alpha value is -2.41. The highest BCUT2D eigenvalue weighted by Crippen LogP contribution is 2.24. The van der Waals surface area contributed by atoms with Gasteiger partial charge in [0.2, 0.25) is 5.76 Å². The molecule has 0 saturated carbocycles. The molecule has 0 aliphatic carbocycles. The number of furan rings is 1. The molecule has 0 amide bonds. The molecule has 0 unspecified atom stereocenters. The van der Waals surface area contributed by atoms with Crippen LogP contribution in [0.5, 0.6) is 5.75 Å². The minimum Gasteiger partial charge on any atom is -0.491 e. The molecule has 1 heterocycles. The third-order valence-electron chi connectivity index (χ3n) is 2.57. The predicted octanol–water partition coefficient (Wildman–Crippen LogP) is 3.55. The Bertz CT molecular complexity index is 570. The monoisotopic (exact) mass is 256 g/mol. The Balaban J connectivity index is 2.00. The summed E-state index contributed by atoms with van der Waals surface area (Å²) in [5, 5.41) is 11.9. The number of para-hydroxylation sites is 2. The molecule has 0 spiro atoms. The van der Waals surface area contributed by atoms with Gasteiger partial charge in [0.05, 0.1) is 18.8 Å². The van der Waals surface area contributed by atoms with Crippen LogP contribution in [0.15, 0.2) is 40.8 Å². The van der Waals surface area contributed by atoms with E-state index in [2.05, 4.69) is 12.2 Å². The lowest BCUT2D eigenvalue weighted by molar-refractivity contribution is 0.318. The maximum atomic E-state index is 8.69. The maximum absolute atomic E-state index is 8.69. The number of anilines is 1. The summed E-state index contributed by atoms with van der Waals surface area (Å²) in [7, 11) is 0. The van der Waals surface area contributed by atoms with E-state index in [1.807, 2.05) is 30.3 Å². The Morgan fingerprint density at radius 2 is 2.11 bits per heavy atom. The minimum absolute atomic E-state index is 0.326. The van der Waals surface area contributed by atoms with E-state index in [4.69, 9.17) is 14.4 Å². The number of nitriles is 1. The van der Waals surface area contributed by atoms with Crippen LogP contribution < -0.4 is 10.1 Å². The van der Waals surface area contributed by atoms with Gasteiger partial charge >= 0.3 is 0 Å².